The Labute approximate surface area is 347 Å². The van der Waals surface area contributed by atoms with Crippen molar-refractivity contribution in [3.05, 3.63) is 0 Å². The van der Waals surface area contributed by atoms with E-state index in [9.17, 15) is 4.79 Å². The van der Waals surface area contributed by atoms with Crippen molar-refractivity contribution < 1.29 is 66.4 Å². The second kappa shape index (κ2) is 53.0. The van der Waals surface area contributed by atoms with E-state index in [1.165, 1.54) is 57.8 Å². The molecule has 0 aliphatic rings. The molecule has 0 N–H and O–H groups in total. The molecule has 0 unspecified atom stereocenters. The highest BCUT2D eigenvalue weighted by Crippen LogP contribution is 2.10. The fourth-order valence-corrected chi connectivity index (χ4v) is 5.20. The van der Waals surface area contributed by atoms with E-state index >= 15 is 0 Å². The molecule has 0 aliphatic carbocycles. The second-order valence-corrected chi connectivity index (χ2v) is 13.6. The highest BCUT2D eigenvalue weighted by molar-refractivity contribution is 5.69. The highest BCUT2D eigenvalue weighted by atomic mass is 16.6. The van der Waals surface area contributed by atoms with Crippen molar-refractivity contribution in [1.29, 1.82) is 0 Å². The van der Waals surface area contributed by atoms with Gasteiger partial charge in [0.1, 0.15) is 6.61 Å². The zero-order valence-electron chi connectivity index (χ0n) is 36.5. The van der Waals surface area contributed by atoms with Crippen LogP contribution in [-0.2, 0) is 66.4 Å². The predicted molar refractivity (Wildman–Crippen MR) is 221 cm³/mol. The van der Waals surface area contributed by atoms with E-state index in [2.05, 4.69) is 13.8 Å². The molecule has 0 atom stereocenters. The van der Waals surface area contributed by atoms with Gasteiger partial charge in [0.15, 0.2) is 0 Å². The number of carbonyl (C=O) groups is 1. The maximum atomic E-state index is 11.6. The summed E-state index contributed by atoms with van der Waals surface area (Å²) < 4.78 is 71.3. The molecular weight excluding hydrogens is 740 g/mol. The quantitative estimate of drug-likeness (QED) is 0.0480. The standard InChI is InChI=1S/C43H86O14/c1-3-5-7-9-10-11-12-13-14-16-18-45-19-20-46-21-22-47-23-24-48-25-26-49-27-28-50-29-30-51-31-32-52-33-34-53-35-36-54-37-38-55-39-40-56-41-42-57-43(44)17-15-8-6-4-2/h3-42H2,1-2H3. The van der Waals surface area contributed by atoms with Gasteiger partial charge in [-0.15, -0.1) is 0 Å². The van der Waals surface area contributed by atoms with E-state index in [-0.39, 0.29) is 12.6 Å². The van der Waals surface area contributed by atoms with Crippen molar-refractivity contribution >= 4 is 5.97 Å². The summed E-state index contributed by atoms with van der Waals surface area (Å²) in [7, 11) is 0. The van der Waals surface area contributed by atoms with Gasteiger partial charge in [0.05, 0.1) is 152 Å². The third kappa shape index (κ3) is 53.0. The minimum atomic E-state index is -0.152. The van der Waals surface area contributed by atoms with E-state index in [4.69, 9.17) is 61.6 Å². The number of carbonyl (C=O) groups excluding carboxylic acids is 1. The van der Waals surface area contributed by atoms with Crippen LogP contribution in [0.4, 0.5) is 0 Å². The minimum absolute atomic E-state index is 0.152. The van der Waals surface area contributed by atoms with Crippen LogP contribution in [0, 0.1) is 0 Å². The zero-order chi connectivity index (χ0) is 41.1. The normalized spacial score (nSPS) is 11.5. The molecule has 0 amide bonds. The van der Waals surface area contributed by atoms with Crippen LogP contribution in [-0.4, -0.2) is 171 Å². The Morgan fingerprint density at radius 1 is 0.246 bits per heavy atom. The Morgan fingerprint density at radius 3 is 0.737 bits per heavy atom. The SMILES string of the molecule is CCCCCCCCCCCCOCCOCCOCCOCCOCCOCCOCCOCCOCCOCCOCCOCCOC(=O)CCCCCC. The molecule has 57 heavy (non-hydrogen) atoms. The number of unbranched alkanes of at least 4 members (excludes halogenated alkanes) is 12. The molecule has 0 aliphatic heterocycles. The molecule has 0 aromatic heterocycles. The fourth-order valence-electron chi connectivity index (χ4n) is 5.20. The first-order valence-electron chi connectivity index (χ1n) is 22.4. The lowest BCUT2D eigenvalue weighted by Crippen LogP contribution is -2.15. The van der Waals surface area contributed by atoms with Crippen molar-refractivity contribution in [3.63, 3.8) is 0 Å². The Bertz CT molecular complexity index is 736. The number of hydrogen-bond donors (Lipinski definition) is 0. The summed E-state index contributed by atoms with van der Waals surface area (Å²) in [5, 5.41) is 0. The van der Waals surface area contributed by atoms with Gasteiger partial charge in [0.2, 0.25) is 0 Å². The molecule has 0 fully saturated rings. The Hall–Kier alpha value is -1.01. The fraction of sp³-hybridized carbons (Fsp3) is 0.977. The molecule has 0 aromatic carbocycles. The molecule has 0 rings (SSSR count). The molecule has 0 bridgehead atoms. The average Bonchev–Trinajstić information content (AvgIpc) is 3.22. The Balaban J connectivity index is 3.08. The van der Waals surface area contributed by atoms with Crippen LogP contribution in [0.5, 0.6) is 0 Å². The minimum Gasteiger partial charge on any atom is -0.463 e. The van der Waals surface area contributed by atoms with Crippen LogP contribution in [0.1, 0.15) is 110 Å². The predicted octanol–water partition coefficient (Wildman–Crippen LogP) is 6.62. The van der Waals surface area contributed by atoms with E-state index in [0.29, 0.717) is 158 Å². The molecule has 0 spiro atoms. The van der Waals surface area contributed by atoms with E-state index in [1.54, 1.807) is 0 Å². The second-order valence-electron chi connectivity index (χ2n) is 13.6. The van der Waals surface area contributed by atoms with Gasteiger partial charge in [-0.05, 0) is 12.8 Å². The van der Waals surface area contributed by atoms with Crippen LogP contribution < -0.4 is 0 Å². The Kier molecular flexibility index (Phi) is 52.1. The largest absolute Gasteiger partial charge is 0.463 e. The topological polar surface area (TPSA) is 137 Å². The molecular formula is C43H86O14. The average molecular weight is 827 g/mol. The maximum Gasteiger partial charge on any atom is 0.305 e. The number of hydrogen-bond acceptors (Lipinski definition) is 14. The van der Waals surface area contributed by atoms with Crippen LogP contribution in [0.15, 0.2) is 0 Å². The van der Waals surface area contributed by atoms with E-state index in [0.717, 1.165) is 38.7 Å². The molecule has 0 heterocycles. The first-order valence-corrected chi connectivity index (χ1v) is 22.4. The molecule has 0 saturated heterocycles. The molecule has 0 saturated carbocycles. The third-order valence-electron chi connectivity index (χ3n) is 8.46. The lowest BCUT2D eigenvalue weighted by atomic mass is 10.1. The van der Waals surface area contributed by atoms with Gasteiger partial charge in [-0.25, -0.2) is 0 Å². The smallest absolute Gasteiger partial charge is 0.305 e. The van der Waals surface area contributed by atoms with Gasteiger partial charge < -0.3 is 61.6 Å². The first kappa shape index (κ1) is 56.0. The van der Waals surface area contributed by atoms with Crippen LogP contribution in [0.3, 0.4) is 0 Å². The van der Waals surface area contributed by atoms with Gasteiger partial charge in [-0.1, -0.05) is 90.9 Å². The zero-order valence-corrected chi connectivity index (χ0v) is 36.5. The Morgan fingerprint density at radius 2 is 0.456 bits per heavy atom. The molecule has 0 aromatic rings. The first-order chi connectivity index (χ1) is 28.3. The van der Waals surface area contributed by atoms with Crippen LogP contribution in [0.25, 0.3) is 0 Å². The molecule has 14 nitrogen and oxygen atoms in total. The summed E-state index contributed by atoms with van der Waals surface area (Å²) in [6, 6.07) is 0. The van der Waals surface area contributed by atoms with E-state index < -0.39 is 0 Å². The summed E-state index contributed by atoms with van der Waals surface area (Å²) in [4.78, 5) is 11.6. The highest BCUT2D eigenvalue weighted by Gasteiger charge is 2.02. The van der Waals surface area contributed by atoms with Gasteiger partial charge in [-0.3, -0.25) is 4.79 Å². The van der Waals surface area contributed by atoms with Crippen LogP contribution in [0.2, 0.25) is 0 Å². The van der Waals surface area contributed by atoms with Crippen molar-refractivity contribution in [1.82, 2.24) is 0 Å². The van der Waals surface area contributed by atoms with Crippen molar-refractivity contribution in [2.75, 3.05) is 165 Å². The van der Waals surface area contributed by atoms with Gasteiger partial charge in [0, 0.05) is 13.0 Å². The number of ether oxygens (including phenoxy) is 13. The monoisotopic (exact) mass is 827 g/mol. The number of esters is 1. The molecule has 0 radical (unpaired) electrons. The summed E-state index contributed by atoms with van der Waals surface area (Å²) in [5.41, 5.74) is 0. The third-order valence-corrected chi connectivity index (χ3v) is 8.46. The molecule has 14 heteroatoms. The molecule has 342 valence electrons. The van der Waals surface area contributed by atoms with Gasteiger partial charge in [-0.2, -0.15) is 0 Å². The number of rotatable bonds is 52. The van der Waals surface area contributed by atoms with Crippen molar-refractivity contribution in [2.45, 2.75) is 110 Å². The van der Waals surface area contributed by atoms with Gasteiger partial charge >= 0.3 is 5.97 Å². The van der Waals surface area contributed by atoms with Crippen molar-refractivity contribution in [3.8, 4) is 0 Å². The van der Waals surface area contributed by atoms with Gasteiger partial charge in [0.25, 0.3) is 0 Å². The van der Waals surface area contributed by atoms with Crippen molar-refractivity contribution in [2.24, 2.45) is 0 Å². The summed E-state index contributed by atoms with van der Waals surface area (Å²) in [6.45, 7) is 17.3. The lowest BCUT2D eigenvalue weighted by Gasteiger charge is -2.09. The summed E-state index contributed by atoms with van der Waals surface area (Å²) in [5.74, 6) is -0.152. The van der Waals surface area contributed by atoms with Crippen LogP contribution >= 0.6 is 0 Å². The summed E-state index contributed by atoms with van der Waals surface area (Å²) in [6.07, 6.45) is 18.1. The maximum absolute atomic E-state index is 11.6. The summed E-state index contributed by atoms with van der Waals surface area (Å²) >= 11 is 0. The lowest BCUT2D eigenvalue weighted by molar-refractivity contribution is -0.145. The van der Waals surface area contributed by atoms with E-state index in [1.807, 2.05) is 0 Å².